The van der Waals surface area contributed by atoms with Gasteiger partial charge in [0.2, 0.25) is 5.78 Å². The lowest BCUT2D eigenvalue weighted by atomic mass is 9.92. The van der Waals surface area contributed by atoms with Crippen LogP contribution in [-0.2, 0) is 4.79 Å². The molecule has 1 nitrogen and oxygen atoms in total. The summed E-state index contributed by atoms with van der Waals surface area (Å²) in [4.78, 5) is 12.3. The minimum atomic E-state index is -0.791. The molecule has 22 heavy (non-hydrogen) atoms. The van der Waals surface area contributed by atoms with E-state index in [1.54, 1.807) is 12.1 Å². The molecule has 2 aromatic rings. The Hall–Kier alpha value is -2.81. The molecule has 3 heteroatoms. The zero-order chi connectivity index (χ0) is 15.3. The Balaban J connectivity index is 2.09. The predicted octanol–water partition coefficient (Wildman–Crippen LogP) is 4.46. The number of halogens is 2. The Morgan fingerprint density at radius 3 is 2.32 bits per heavy atom. The van der Waals surface area contributed by atoms with Crippen LogP contribution < -0.4 is 0 Å². The predicted molar refractivity (Wildman–Crippen MR) is 81.0 cm³/mol. The fourth-order valence-corrected chi connectivity index (χ4v) is 3.03. The molecular formula is C19H10F2O. The van der Waals surface area contributed by atoms with Crippen molar-refractivity contribution >= 4 is 16.9 Å². The maximum atomic E-state index is 13.8. The average molecular weight is 292 g/mol. The number of hydrogen-bond acceptors (Lipinski definition) is 1. The van der Waals surface area contributed by atoms with Gasteiger partial charge in [-0.25, -0.2) is 8.78 Å². The van der Waals surface area contributed by atoms with Crippen LogP contribution >= 0.6 is 0 Å². The third kappa shape index (κ3) is 1.72. The van der Waals surface area contributed by atoms with Crippen molar-refractivity contribution in [1.82, 2.24) is 0 Å². The molecule has 0 aliphatic heterocycles. The van der Waals surface area contributed by atoms with Crippen LogP contribution in [0.25, 0.3) is 11.1 Å². The molecule has 0 spiro atoms. The number of hydrogen-bond donors (Lipinski definition) is 0. The van der Waals surface area contributed by atoms with Crippen LogP contribution in [0.3, 0.4) is 0 Å². The standard InChI is InChI=1S/C19H10F2O/c20-12-6-7-13-14-8-9-16(21)19(22)18(14)17(15(13)10-12)11-4-2-1-3-5-11/h1-10H. The lowest BCUT2D eigenvalue weighted by Crippen LogP contribution is -2.07. The van der Waals surface area contributed by atoms with E-state index >= 15 is 0 Å². The van der Waals surface area contributed by atoms with Gasteiger partial charge in [-0.1, -0.05) is 42.5 Å². The first kappa shape index (κ1) is 12.9. The molecule has 4 rings (SSSR count). The number of rotatable bonds is 1. The van der Waals surface area contributed by atoms with Gasteiger partial charge in [0, 0.05) is 11.1 Å². The first-order valence-corrected chi connectivity index (χ1v) is 6.89. The van der Waals surface area contributed by atoms with Crippen molar-refractivity contribution in [2.24, 2.45) is 0 Å². The van der Waals surface area contributed by atoms with E-state index in [1.807, 2.05) is 30.3 Å². The van der Waals surface area contributed by atoms with Crippen molar-refractivity contribution in [2.75, 3.05) is 0 Å². The van der Waals surface area contributed by atoms with Crippen molar-refractivity contribution in [3.05, 3.63) is 94.6 Å². The molecule has 0 heterocycles. The highest BCUT2D eigenvalue weighted by Gasteiger charge is 2.34. The minimum Gasteiger partial charge on any atom is -0.286 e. The maximum Gasteiger partial charge on any atom is 0.222 e. The Morgan fingerprint density at radius 1 is 0.773 bits per heavy atom. The molecule has 0 unspecified atom stereocenters. The van der Waals surface area contributed by atoms with E-state index in [0.717, 1.165) is 11.1 Å². The molecule has 0 saturated heterocycles. The highest BCUT2D eigenvalue weighted by atomic mass is 19.1. The van der Waals surface area contributed by atoms with E-state index in [4.69, 9.17) is 0 Å². The SMILES string of the molecule is O=C1C(F)=CC=C2C1=C(c1ccccc1)c1cc(F)ccc12. The summed E-state index contributed by atoms with van der Waals surface area (Å²) in [6.45, 7) is 0. The summed E-state index contributed by atoms with van der Waals surface area (Å²) < 4.78 is 27.5. The molecule has 2 aliphatic rings. The van der Waals surface area contributed by atoms with E-state index < -0.39 is 11.6 Å². The lowest BCUT2D eigenvalue weighted by Gasteiger charge is -2.10. The van der Waals surface area contributed by atoms with Gasteiger partial charge in [0.25, 0.3) is 0 Å². The molecule has 0 atom stereocenters. The summed E-state index contributed by atoms with van der Waals surface area (Å²) in [5.74, 6) is -1.82. The normalized spacial score (nSPS) is 16.2. The van der Waals surface area contributed by atoms with Crippen LogP contribution in [0.1, 0.15) is 16.7 Å². The van der Waals surface area contributed by atoms with Crippen LogP contribution in [0.5, 0.6) is 0 Å². The van der Waals surface area contributed by atoms with Crippen molar-refractivity contribution in [1.29, 1.82) is 0 Å². The highest BCUT2D eigenvalue weighted by molar-refractivity contribution is 6.28. The maximum absolute atomic E-state index is 13.8. The summed E-state index contributed by atoms with van der Waals surface area (Å²) in [7, 11) is 0. The highest BCUT2D eigenvalue weighted by Crippen LogP contribution is 2.47. The summed E-state index contributed by atoms with van der Waals surface area (Å²) in [5, 5.41) is 0. The van der Waals surface area contributed by atoms with E-state index in [9.17, 15) is 13.6 Å². The van der Waals surface area contributed by atoms with Crippen molar-refractivity contribution in [3.63, 3.8) is 0 Å². The Morgan fingerprint density at radius 2 is 1.55 bits per heavy atom. The fourth-order valence-electron chi connectivity index (χ4n) is 3.03. The number of benzene rings is 2. The van der Waals surface area contributed by atoms with Crippen molar-refractivity contribution in [2.45, 2.75) is 0 Å². The zero-order valence-corrected chi connectivity index (χ0v) is 11.4. The summed E-state index contributed by atoms with van der Waals surface area (Å²) in [5.41, 5.74) is 3.72. The van der Waals surface area contributed by atoms with Gasteiger partial charge in [0.15, 0.2) is 5.83 Å². The first-order valence-electron chi connectivity index (χ1n) is 6.89. The Kier molecular flexibility index (Phi) is 2.70. The molecule has 0 saturated carbocycles. The second-order valence-corrected chi connectivity index (χ2v) is 5.23. The lowest BCUT2D eigenvalue weighted by molar-refractivity contribution is -0.113. The summed E-state index contributed by atoms with van der Waals surface area (Å²) in [6.07, 6.45) is 2.75. The van der Waals surface area contributed by atoms with Gasteiger partial charge in [-0.05, 0) is 40.5 Å². The smallest absolute Gasteiger partial charge is 0.222 e. The number of carbonyl (C=O) groups excluding carboxylic acids is 1. The fraction of sp³-hybridized carbons (Fsp3) is 0. The minimum absolute atomic E-state index is 0.312. The van der Waals surface area contributed by atoms with Gasteiger partial charge in [-0.2, -0.15) is 0 Å². The number of carbonyl (C=O) groups is 1. The second kappa shape index (κ2) is 4.60. The van der Waals surface area contributed by atoms with E-state index in [-0.39, 0.29) is 5.82 Å². The molecule has 0 amide bonds. The number of allylic oxidation sites excluding steroid dienone is 5. The van der Waals surface area contributed by atoms with Crippen LogP contribution in [-0.4, -0.2) is 5.78 Å². The Bertz CT molecular complexity index is 902. The van der Waals surface area contributed by atoms with Crippen molar-refractivity contribution < 1.29 is 13.6 Å². The monoisotopic (exact) mass is 292 g/mol. The quantitative estimate of drug-likeness (QED) is 0.758. The van der Waals surface area contributed by atoms with E-state index in [1.165, 1.54) is 18.2 Å². The number of Topliss-reactive ketones (excluding diaryl/α,β-unsaturated/α-hetero) is 1. The Labute approximate surface area is 125 Å². The van der Waals surface area contributed by atoms with Gasteiger partial charge in [0.05, 0.1) is 0 Å². The van der Waals surface area contributed by atoms with E-state index in [0.29, 0.717) is 22.3 Å². The van der Waals surface area contributed by atoms with Gasteiger partial charge in [0.1, 0.15) is 5.82 Å². The topological polar surface area (TPSA) is 17.1 Å². The molecule has 0 aromatic heterocycles. The molecule has 0 fully saturated rings. The largest absolute Gasteiger partial charge is 0.286 e. The first-order chi connectivity index (χ1) is 10.7. The van der Waals surface area contributed by atoms with Gasteiger partial charge < -0.3 is 0 Å². The average Bonchev–Trinajstić information content (AvgIpc) is 2.86. The molecule has 2 aliphatic carbocycles. The van der Waals surface area contributed by atoms with Crippen LogP contribution in [0.4, 0.5) is 8.78 Å². The molecule has 106 valence electrons. The second-order valence-electron chi connectivity index (χ2n) is 5.23. The summed E-state index contributed by atoms with van der Waals surface area (Å²) >= 11 is 0. The molecule has 0 bridgehead atoms. The zero-order valence-electron chi connectivity index (χ0n) is 11.4. The van der Waals surface area contributed by atoms with Crippen LogP contribution in [0.2, 0.25) is 0 Å². The van der Waals surface area contributed by atoms with Crippen molar-refractivity contribution in [3.8, 4) is 0 Å². The molecule has 2 aromatic carbocycles. The van der Waals surface area contributed by atoms with Gasteiger partial charge in [-0.15, -0.1) is 0 Å². The van der Waals surface area contributed by atoms with E-state index in [2.05, 4.69) is 0 Å². The molecule has 0 N–H and O–H groups in total. The van der Waals surface area contributed by atoms with Crippen LogP contribution in [0.15, 0.2) is 72.1 Å². The third-order valence-corrected chi connectivity index (χ3v) is 3.96. The molecular weight excluding hydrogens is 282 g/mol. The number of fused-ring (bicyclic) bond motifs is 3. The molecule has 0 radical (unpaired) electrons. The van der Waals surface area contributed by atoms with Gasteiger partial charge >= 0.3 is 0 Å². The van der Waals surface area contributed by atoms with Crippen LogP contribution in [0, 0.1) is 5.82 Å². The van der Waals surface area contributed by atoms with Gasteiger partial charge in [-0.3, -0.25) is 4.79 Å². The number of ketones is 1. The third-order valence-electron chi connectivity index (χ3n) is 3.96. The summed E-state index contributed by atoms with van der Waals surface area (Å²) in [6, 6.07) is 13.6.